The molecule has 6 heterocycles. The van der Waals surface area contributed by atoms with Gasteiger partial charge in [0, 0.05) is 36.2 Å². The van der Waals surface area contributed by atoms with Crippen molar-refractivity contribution in [2.45, 2.75) is 103 Å². The summed E-state index contributed by atoms with van der Waals surface area (Å²) in [5.41, 5.74) is 5.77. The Kier molecular flexibility index (Phi) is 12.1. The molecule has 2 fully saturated rings. The average molecular weight is 907 g/mol. The number of alkyl halides is 4. The zero-order valence-corrected chi connectivity index (χ0v) is 37.3. The van der Waals surface area contributed by atoms with Crippen molar-refractivity contribution in [1.29, 1.82) is 0 Å². The lowest BCUT2D eigenvalue weighted by Crippen LogP contribution is -2.54. The van der Waals surface area contributed by atoms with Crippen LogP contribution in [-0.2, 0) is 25.5 Å². The minimum absolute atomic E-state index is 0.0350. The van der Waals surface area contributed by atoms with E-state index in [1.165, 1.54) is 7.11 Å². The number of nitrogens with zero attached hydrogens (tertiary/aromatic N) is 5. The maximum atomic E-state index is 15.2. The third-order valence-corrected chi connectivity index (χ3v) is 13.0. The molecule has 19 heteroatoms. The fourth-order valence-electron chi connectivity index (χ4n) is 9.63. The monoisotopic (exact) mass is 906 g/mol. The van der Waals surface area contributed by atoms with Gasteiger partial charge in [-0.05, 0) is 66.8 Å². The number of methoxy groups -OCH3 is 2. The zero-order chi connectivity index (χ0) is 46.7. The van der Waals surface area contributed by atoms with Gasteiger partial charge < -0.3 is 44.5 Å². The number of halogens is 4. The molecule has 0 spiro atoms. The van der Waals surface area contributed by atoms with Crippen molar-refractivity contribution in [2.75, 3.05) is 38.8 Å². The number of allylic oxidation sites excluding steroid dienone is 1. The van der Waals surface area contributed by atoms with E-state index in [0.29, 0.717) is 60.0 Å². The number of carbonyl (C=O) groups excluding carboxylic acids is 4. The van der Waals surface area contributed by atoms with E-state index in [1.54, 1.807) is 33.9 Å². The van der Waals surface area contributed by atoms with Crippen molar-refractivity contribution < 1.29 is 51.0 Å². The van der Waals surface area contributed by atoms with Gasteiger partial charge in [-0.2, -0.15) is 0 Å². The summed E-state index contributed by atoms with van der Waals surface area (Å²) >= 11 is 0. The highest BCUT2D eigenvalue weighted by Gasteiger charge is 2.52. The smallest absolute Gasteiger partial charge is 0.407 e. The molecule has 8 rings (SSSR count). The number of alkyl carbamates (subject to hydrolysis) is 2. The van der Waals surface area contributed by atoms with Crippen LogP contribution in [0.3, 0.4) is 0 Å². The van der Waals surface area contributed by atoms with Crippen LogP contribution in [0.5, 0.6) is 11.5 Å². The lowest BCUT2D eigenvalue weighted by atomic mass is 9.89. The van der Waals surface area contributed by atoms with E-state index in [-0.39, 0.29) is 11.7 Å². The summed E-state index contributed by atoms with van der Waals surface area (Å²) in [5.74, 6) is -7.07. The summed E-state index contributed by atoms with van der Waals surface area (Å²) < 4.78 is 76.4. The number of hydrogen-bond donors (Lipinski definition) is 3. The Bertz CT molecular complexity index is 2450. The number of ether oxygens (including phenoxy) is 3. The number of fused-ring (bicyclic) bond motifs is 2. The molecule has 0 aliphatic carbocycles. The molecule has 348 valence electrons. The van der Waals surface area contributed by atoms with Crippen LogP contribution in [0.15, 0.2) is 47.6 Å². The first-order valence-electron chi connectivity index (χ1n) is 22.0. The Hall–Kier alpha value is -6.14. The van der Waals surface area contributed by atoms with Crippen LogP contribution in [0, 0.1) is 17.8 Å². The fourth-order valence-corrected chi connectivity index (χ4v) is 9.63. The first kappa shape index (κ1) is 45.4. The second-order valence-corrected chi connectivity index (χ2v) is 18.1. The van der Waals surface area contributed by atoms with E-state index in [2.05, 4.69) is 30.2 Å². The number of aliphatic imine (C=N–C) groups is 1. The van der Waals surface area contributed by atoms with Gasteiger partial charge in [0.25, 0.3) is 11.8 Å². The first-order valence-corrected chi connectivity index (χ1v) is 22.0. The molecule has 0 saturated carbocycles. The molecule has 2 saturated heterocycles. The molecular formula is C46H54F4N8O7. The standard InChI is InChI=1S/C46H54F4N8O7/c1-8-25-15-29(52-30(16-25)33-18-45(47,48)21-57(33)41(59)37(23(2)3)54-43(61)63-6)26-9-11-32-36(17-26)65-35-12-10-27(28-13-14-56(32)39(28)35)31-20-51-40(53-31)34-19-46(49,50)22-58(34)42(60)38(24(4)5)55-44(62)64-7/h9-12,15,17,20,23-25,33-34,37-38H,8,13-14,16,18-19,21-22H2,1-7H3,(H,51,53)(H,54,61)(H,55,62). The molecule has 5 aliphatic heterocycles. The summed E-state index contributed by atoms with van der Waals surface area (Å²) in [7, 11) is 2.34. The maximum Gasteiger partial charge on any atom is 0.407 e. The number of amides is 4. The predicted octanol–water partition coefficient (Wildman–Crippen LogP) is 7.99. The van der Waals surface area contributed by atoms with Gasteiger partial charge in [-0.15, -0.1) is 0 Å². The SMILES string of the molecule is CCC1C=C(c2ccc3c(c2)Oc2ccc(-c4cnc(C5CC(F)(F)CN5C(=O)C(NC(=O)OC)C(C)C)[nH]4)c4c2N3CC4)N=C(C2CC(F)(F)CN2C(=O)C(NC(=O)OC)C(C)C)C1. The van der Waals surface area contributed by atoms with Gasteiger partial charge in [-0.25, -0.2) is 32.1 Å². The minimum Gasteiger partial charge on any atom is -0.453 e. The summed E-state index contributed by atoms with van der Waals surface area (Å²) in [4.78, 5) is 68.8. The predicted molar refractivity (Wildman–Crippen MR) is 232 cm³/mol. The van der Waals surface area contributed by atoms with E-state index in [1.807, 2.05) is 43.3 Å². The van der Waals surface area contributed by atoms with Gasteiger partial charge in [-0.3, -0.25) is 14.6 Å². The number of hydrogen-bond acceptors (Lipinski definition) is 10. The molecule has 2 aromatic carbocycles. The lowest BCUT2D eigenvalue weighted by molar-refractivity contribution is -0.137. The van der Waals surface area contributed by atoms with Gasteiger partial charge in [0.05, 0.1) is 68.4 Å². The van der Waals surface area contributed by atoms with E-state index in [4.69, 9.17) is 14.5 Å². The van der Waals surface area contributed by atoms with Gasteiger partial charge in [0.1, 0.15) is 17.9 Å². The topological polar surface area (TPSA) is 171 Å². The molecule has 5 aliphatic rings. The number of benzene rings is 2. The Morgan fingerprint density at radius 2 is 1.49 bits per heavy atom. The minimum atomic E-state index is -3.18. The number of imidazole rings is 1. The number of likely N-dealkylation sites (tertiary alicyclic amines) is 2. The highest BCUT2D eigenvalue weighted by molar-refractivity contribution is 6.00. The highest BCUT2D eigenvalue weighted by Crippen LogP contribution is 2.54. The van der Waals surface area contributed by atoms with Crippen LogP contribution in [0.25, 0.3) is 17.0 Å². The third-order valence-electron chi connectivity index (χ3n) is 13.0. The van der Waals surface area contributed by atoms with E-state index in [9.17, 15) is 19.2 Å². The van der Waals surface area contributed by atoms with Crippen molar-refractivity contribution in [1.82, 2.24) is 30.4 Å². The average Bonchev–Trinajstić information content (AvgIpc) is 4.08. The molecule has 5 unspecified atom stereocenters. The van der Waals surface area contributed by atoms with Crippen LogP contribution in [-0.4, -0.2) is 113 Å². The van der Waals surface area contributed by atoms with E-state index >= 15 is 17.6 Å². The van der Waals surface area contributed by atoms with Crippen molar-refractivity contribution >= 4 is 46.8 Å². The number of nitrogens with one attached hydrogen (secondary N) is 3. The Morgan fingerprint density at radius 3 is 2.09 bits per heavy atom. The Morgan fingerprint density at radius 1 is 0.877 bits per heavy atom. The highest BCUT2D eigenvalue weighted by atomic mass is 19.3. The largest absolute Gasteiger partial charge is 0.453 e. The number of aromatic amines is 1. The molecule has 3 N–H and O–H groups in total. The molecule has 1 aromatic heterocycles. The quantitative estimate of drug-likeness (QED) is 0.161. The number of carbonyl (C=O) groups is 4. The van der Waals surface area contributed by atoms with Crippen LogP contribution >= 0.6 is 0 Å². The van der Waals surface area contributed by atoms with Gasteiger partial charge in [0.15, 0.2) is 11.5 Å². The van der Waals surface area contributed by atoms with Crippen molar-refractivity contribution in [3.05, 3.63) is 59.6 Å². The molecule has 15 nitrogen and oxygen atoms in total. The zero-order valence-electron chi connectivity index (χ0n) is 37.3. The van der Waals surface area contributed by atoms with Crippen molar-refractivity contribution in [2.24, 2.45) is 22.7 Å². The Labute approximate surface area is 373 Å². The van der Waals surface area contributed by atoms with Crippen molar-refractivity contribution in [3.8, 4) is 22.8 Å². The van der Waals surface area contributed by atoms with Gasteiger partial charge >= 0.3 is 12.2 Å². The molecule has 3 aromatic rings. The molecule has 0 bridgehead atoms. The molecule has 5 atom stereocenters. The second-order valence-electron chi connectivity index (χ2n) is 18.1. The second kappa shape index (κ2) is 17.3. The molecule has 4 amide bonds. The van der Waals surface area contributed by atoms with Crippen LogP contribution in [0.4, 0.5) is 38.5 Å². The van der Waals surface area contributed by atoms with Crippen LogP contribution < -0.4 is 20.3 Å². The van der Waals surface area contributed by atoms with Crippen molar-refractivity contribution in [3.63, 3.8) is 0 Å². The van der Waals surface area contributed by atoms with Crippen LogP contribution in [0.2, 0.25) is 0 Å². The molecule has 65 heavy (non-hydrogen) atoms. The molecule has 0 radical (unpaired) electrons. The Balaban J connectivity index is 1.05. The third kappa shape index (κ3) is 8.72. The van der Waals surface area contributed by atoms with Gasteiger partial charge in [-0.1, -0.05) is 46.8 Å². The number of anilines is 2. The summed E-state index contributed by atoms with van der Waals surface area (Å²) in [5, 5.41) is 5.00. The molecular weight excluding hydrogens is 853 g/mol. The first-order chi connectivity index (χ1) is 30.8. The number of rotatable bonds is 11. The number of H-pyrrole nitrogens is 1. The summed E-state index contributed by atoms with van der Waals surface area (Å²) in [6, 6.07) is 5.24. The fraction of sp³-hybridized carbons (Fsp3) is 0.522. The van der Waals surface area contributed by atoms with E-state index in [0.717, 1.165) is 39.4 Å². The lowest BCUT2D eigenvalue weighted by Gasteiger charge is -2.33. The van der Waals surface area contributed by atoms with Crippen LogP contribution in [0.1, 0.15) is 83.3 Å². The van der Waals surface area contributed by atoms with E-state index < -0.39 is 97.8 Å². The maximum absolute atomic E-state index is 15.2. The number of aromatic nitrogens is 2. The van der Waals surface area contributed by atoms with Gasteiger partial charge in [0.2, 0.25) is 11.8 Å². The summed E-state index contributed by atoms with van der Waals surface area (Å²) in [6.07, 6.45) is 2.44. The summed E-state index contributed by atoms with van der Waals surface area (Å²) in [6.45, 7) is 7.87. The normalized spacial score (nSPS) is 22.4.